The van der Waals surface area contributed by atoms with Crippen LogP contribution in [0.2, 0.25) is 0 Å². The first kappa shape index (κ1) is 7.10. The highest BCUT2D eigenvalue weighted by Crippen LogP contribution is 2.18. The Morgan fingerprint density at radius 2 is 2.25 bits per heavy atom. The van der Waals surface area contributed by atoms with E-state index in [4.69, 9.17) is 4.42 Å². The molecule has 0 aliphatic heterocycles. The highest BCUT2D eigenvalue weighted by molar-refractivity contribution is 5.56. The number of hydrogen-bond acceptors (Lipinski definition) is 2. The van der Waals surface area contributed by atoms with Crippen LogP contribution < -0.4 is 0 Å². The summed E-state index contributed by atoms with van der Waals surface area (Å²) in [5.74, 6) is 0.818. The van der Waals surface area contributed by atoms with E-state index in [0.29, 0.717) is 0 Å². The van der Waals surface area contributed by atoms with Gasteiger partial charge in [0.15, 0.2) is 12.2 Å². The first-order valence-corrected chi connectivity index (χ1v) is 3.82. The molecule has 2 rings (SSSR count). The summed E-state index contributed by atoms with van der Waals surface area (Å²) in [6, 6.07) is 8.14. The largest absolute Gasteiger partial charge is 0.444 e. The van der Waals surface area contributed by atoms with Gasteiger partial charge >= 0.3 is 0 Å². The average molecular weight is 159 g/mol. The van der Waals surface area contributed by atoms with Gasteiger partial charge in [0.2, 0.25) is 0 Å². The number of aryl methyl sites for hydroxylation is 1. The van der Waals surface area contributed by atoms with Gasteiger partial charge in [-0.25, -0.2) is 4.98 Å². The normalized spacial score (nSPS) is 10.1. The van der Waals surface area contributed by atoms with Crippen molar-refractivity contribution in [1.29, 1.82) is 0 Å². The van der Waals surface area contributed by atoms with E-state index >= 15 is 0 Å². The number of benzene rings is 1. The van der Waals surface area contributed by atoms with Crippen molar-refractivity contribution >= 4 is 0 Å². The topological polar surface area (TPSA) is 26.0 Å². The third-order valence-electron chi connectivity index (χ3n) is 1.73. The molecular formula is C10H9NO. The standard InChI is InChI=1S/C10H9NO/c1-8-3-2-4-9(5-8)10-6-11-7-12-10/h2-7H,1H3. The lowest BCUT2D eigenvalue weighted by Crippen LogP contribution is -1.75. The first-order valence-electron chi connectivity index (χ1n) is 3.82. The van der Waals surface area contributed by atoms with Gasteiger partial charge < -0.3 is 4.42 Å². The Labute approximate surface area is 70.9 Å². The third-order valence-corrected chi connectivity index (χ3v) is 1.73. The predicted molar refractivity (Wildman–Crippen MR) is 46.7 cm³/mol. The maximum absolute atomic E-state index is 5.16. The SMILES string of the molecule is Cc1cccc(-c2cnco2)c1. The van der Waals surface area contributed by atoms with Crippen LogP contribution in [0.4, 0.5) is 0 Å². The minimum absolute atomic E-state index is 0.818. The first-order chi connectivity index (χ1) is 5.86. The van der Waals surface area contributed by atoms with Gasteiger partial charge in [-0.3, -0.25) is 0 Å². The van der Waals surface area contributed by atoms with Crippen LogP contribution in [-0.2, 0) is 0 Å². The molecule has 0 N–H and O–H groups in total. The van der Waals surface area contributed by atoms with Crippen LogP contribution in [0.1, 0.15) is 5.56 Å². The van der Waals surface area contributed by atoms with Crippen molar-refractivity contribution in [2.45, 2.75) is 6.92 Å². The molecule has 0 aliphatic carbocycles. The molecule has 2 aromatic rings. The number of oxazole rings is 1. The molecule has 0 saturated carbocycles. The van der Waals surface area contributed by atoms with Crippen LogP contribution in [0.25, 0.3) is 11.3 Å². The van der Waals surface area contributed by atoms with Crippen molar-refractivity contribution in [3.8, 4) is 11.3 Å². The summed E-state index contributed by atoms with van der Waals surface area (Å²) in [6.45, 7) is 2.06. The summed E-state index contributed by atoms with van der Waals surface area (Å²) in [6.07, 6.45) is 3.16. The van der Waals surface area contributed by atoms with Crippen LogP contribution in [0.15, 0.2) is 41.3 Å². The lowest BCUT2D eigenvalue weighted by Gasteiger charge is -1.96. The third kappa shape index (κ3) is 1.23. The molecule has 0 radical (unpaired) electrons. The van der Waals surface area contributed by atoms with Crippen LogP contribution in [-0.4, -0.2) is 4.98 Å². The molecule has 0 saturated heterocycles. The summed E-state index contributed by atoms with van der Waals surface area (Å²) in [5.41, 5.74) is 2.30. The summed E-state index contributed by atoms with van der Waals surface area (Å²) < 4.78 is 5.16. The maximum atomic E-state index is 5.16. The molecule has 1 aromatic carbocycles. The van der Waals surface area contributed by atoms with Crippen molar-refractivity contribution in [2.24, 2.45) is 0 Å². The molecule has 2 heteroatoms. The molecule has 0 unspecified atom stereocenters. The molecule has 12 heavy (non-hydrogen) atoms. The summed E-state index contributed by atoms with van der Waals surface area (Å²) in [4.78, 5) is 3.86. The van der Waals surface area contributed by atoms with Crippen molar-refractivity contribution < 1.29 is 4.42 Å². The molecule has 60 valence electrons. The van der Waals surface area contributed by atoms with Crippen LogP contribution in [0.5, 0.6) is 0 Å². The van der Waals surface area contributed by atoms with Crippen molar-refractivity contribution in [3.05, 3.63) is 42.4 Å². The van der Waals surface area contributed by atoms with Crippen molar-refractivity contribution in [3.63, 3.8) is 0 Å². The molecule has 1 heterocycles. The molecule has 0 spiro atoms. The fourth-order valence-corrected chi connectivity index (χ4v) is 1.16. The zero-order chi connectivity index (χ0) is 8.39. The second-order valence-electron chi connectivity index (χ2n) is 2.74. The van der Waals surface area contributed by atoms with Crippen LogP contribution in [0.3, 0.4) is 0 Å². The van der Waals surface area contributed by atoms with E-state index in [-0.39, 0.29) is 0 Å². The summed E-state index contributed by atoms with van der Waals surface area (Å²) in [7, 11) is 0. The monoisotopic (exact) mass is 159 g/mol. The summed E-state index contributed by atoms with van der Waals surface area (Å²) >= 11 is 0. The Hall–Kier alpha value is -1.57. The van der Waals surface area contributed by atoms with Crippen molar-refractivity contribution in [2.75, 3.05) is 0 Å². The Kier molecular flexibility index (Phi) is 1.67. The molecule has 1 aromatic heterocycles. The fourth-order valence-electron chi connectivity index (χ4n) is 1.16. The fraction of sp³-hybridized carbons (Fsp3) is 0.100. The molecule has 0 fully saturated rings. The highest BCUT2D eigenvalue weighted by atomic mass is 16.3. The second kappa shape index (κ2) is 2.81. The molecular weight excluding hydrogens is 150 g/mol. The number of aromatic nitrogens is 1. The van der Waals surface area contributed by atoms with Gasteiger partial charge in [-0.15, -0.1) is 0 Å². The minimum Gasteiger partial charge on any atom is -0.444 e. The van der Waals surface area contributed by atoms with Crippen molar-refractivity contribution in [1.82, 2.24) is 4.98 Å². The quantitative estimate of drug-likeness (QED) is 0.639. The van der Waals surface area contributed by atoms with E-state index < -0.39 is 0 Å². The Bertz CT molecular complexity index is 365. The average Bonchev–Trinajstić information content (AvgIpc) is 2.56. The van der Waals surface area contributed by atoms with Gasteiger partial charge in [-0.1, -0.05) is 23.8 Å². The molecule has 0 bridgehead atoms. The van der Waals surface area contributed by atoms with Crippen LogP contribution in [0, 0.1) is 6.92 Å². The lowest BCUT2D eigenvalue weighted by molar-refractivity contribution is 0.572. The predicted octanol–water partition coefficient (Wildman–Crippen LogP) is 2.65. The smallest absolute Gasteiger partial charge is 0.181 e. The van der Waals surface area contributed by atoms with E-state index in [9.17, 15) is 0 Å². The van der Waals surface area contributed by atoms with E-state index in [1.165, 1.54) is 12.0 Å². The zero-order valence-corrected chi connectivity index (χ0v) is 6.82. The second-order valence-corrected chi connectivity index (χ2v) is 2.74. The van der Waals surface area contributed by atoms with Crippen LogP contribution >= 0.6 is 0 Å². The number of nitrogens with zero attached hydrogens (tertiary/aromatic N) is 1. The molecule has 0 amide bonds. The van der Waals surface area contributed by atoms with Gasteiger partial charge in [-0.05, 0) is 13.0 Å². The Morgan fingerprint density at radius 1 is 1.33 bits per heavy atom. The Balaban J connectivity index is 2.48. The van der Waals surface area contributed by atoms with E-state index in [0.717, 1.165) is 11.3 Å². The lowest BCUT2D eigenvalue weighted by atomic mass is 10.1. The van der Waals surface area contributed by atoms with Gasteiger partial charge in [0.1, 0.15) is 0 Å². The van der Waals surface area contributed by atoms with Gasteiger partial charge in [-0.2, -0.15) is 0 Å². The summed E-state index contributed by atoms with van der Waals surface area (Å²) in [5, 5.41) is 0. The van der Waals surface area contributed by atoms with E-state index in [1.54, 1.807) is 6.20 Å². The van der Waals surface area contributed by atoms with Gasteiger partial charge in [0.25, 0.3) is 0 Å². The molecule has 0 atom stereocenters. The maximum Gasteiger partial charge on any atom is 0.181 e. The van der Waals surface area contributed by atoms with Gasteiger partial charge in [0, 0.05) is 5.56 Å². The Morgan fingerprint density at radius 3 is 2.92 bits per heavy atom. The van der Waals surface area contributed by atoms with E-state index in [1.807, 2.05) is 12.1 Å². The van der Waals surface area contributed by atoms with E-state index in [2.05, 4.69) is 24.0 Å². The number of rotatable bonds is 1. The molecule has 0 aliphatic rings. The molecule has 2 nitrogen and oxygen atoms in total. The zero-order valence-electron chi connectivity index (χ0n) is 6.82. The number of hydrogen-bond donors (Lipinski definition) is 0. The van der Waals surface area contributed by atoms with Gasteiger partial charge in [0.05, 0.1) is 6.20 Å². The highest BCUT2D eigenvalue weighted by Gasteiger charge is 1.99. The minimum atomic E-state index is 0.818.